The topological polar surface area (TPSA) is 31.4 Å². The molecule has 0 saturated carbocycles. The second-order valence-corrected chi connectivity index (χ2v) is 6.95. The monoisotopic (exact) mass is 310 g/mol. The summed E-state index contributed by atoms with van der Waals surface area (Å²) in [7, 11) is 0. The molecule has 0 aromatic carbocycles. The maximum absolute atomic E-state index is 4.54. The van der Waals surface area contributed by atoms with E-state index in [-0.39, 0.29) is 0 Å². The fourth-order valence-corrected chi connectivity index (χ4v) is 3.92. The van der Waals surface area contributed by atoms with E-state index in [1.807, 2.05) is 17.5 Å². The summed E-state index contributed by atoms with van der Waals surface area (Å²) in [5.41, 5.74) is 0. The lowest BCUT2D eigenvalue weighted by molar-refractivity contribution is 0.171. The number of nitrogens with one attached hydrogen (secondary N) is 1. The molecule has 2 heterocycles. The van der Waals surface area contributed by atoms with Crippen molar-refractivity contribution in [2.45, 2.75) is 52.6 Å². The van der Waals surface area contributed by atoms with E-state index in [0.717, 1.165) is 31.3 Å². The van der Waals surface area contributed by atoms with E-state index in [0.29, 0.717) is 6.04 Å². The molecule has 1 aromatic heterocycles. The molecule has 1 saturated heterocycles. The first kappa shape index (κ1) is 16.7. The smallest absolute Gasteiger partial charge is 0.185 e. The Hall–Kier alpha value is -0.650. The Labute approximate surface area is 133 Å². The first-order valence-corrected chi connectivity index (χ1v) is 9.20. The van der Waals surface area contributed by atoms with Crippen LogP contribution in [0.1, 0.15) is 44.9 Å². The molecule has 21 heavy (non-hydrogen) atoms. The van der Waals surface area contributed by atoms with E-state index in [4.69, 9.17) is 0 Å². The van der Waals surface area contributed by atoms with Gasteiger partial charge in [0.2, 0.25) is 0 Å². The predicted octanol–water partition coefficient (Wildman–Crippen LogP) is 2.95. The second kappa shape index (κ2) is 8.71. The molecular formula is C16H30N4S. The molecule has 0 bridgehead atoms. The van der Waals surface area contributed by atoms with Gasteiger partial charge in [0.1, 0.15) is 0 Å². The van der Waals surface area contributed by atoms with Crippen LogP contribution in [0.5, 0.6) is 0 Å². The van der Waals surface area contributed by atoms with Crippen LogP contribution in [0.3, 0.4) is 0 Å². The van der Waals surface area contributed by atoms with E-state index in [1.54, 1.807) is 0 Å². The van der Waals surface area contributed by atoms with Gasteiger partial charge in [0, 0.05) is 43.3 Å². The molecule has 120 valence electrons. The average Bonchev–Trinajstić information content (AvgIpc) is 2.98. The van der Waals surface area contributed by atoms with Gasteiger partial charge in [0.05, 0.1) is 0 Å². The van der Waals surface area contributed by atoms with Gasteiger partial charge < -0.3 is 10.2 Å². The summed E-state index contributed by atoms with van der Waals surface area (Å²) in [5.74, 6) is 0. The summed E-state index contributed by atoms with van der Waals surface area (Å²) >= 11 is 1.82. The molecule has 1 aliphatic heterocycles. The normalized spacial score (nSPS) is 17.9. The number of thiazole rings is 1. The number of nitrogens with zero attached hydrogens (tertiary/aromatic N) is 3. The Kier molecular flexibility index (Phi) is 6.93. The summed E-state index contributed by atoms with van der Waals surface area (Å²) in [6.07, 6.45) is 6.17. The van der Waals surface area contributed by atoms with Crippen LogP contribution in [-0.4, -0.2) is 48.6 Å². The van der Waals surface area contributed by atoms with Crippen LogP contribution in [0, 0.1) is 0 Å². The van der Waals surface area contributed by atoms with Crippen LogP contribution < -0.4 is 10.2 Å². The molecule has 5 heteroatoms. The van der Waals surface area contributed by atoms with Crippen molar-refractivity contribution in [3.8, 4) is 0 Å². The van der Waals surface area contributed by atoms with Crippen molar-refractivity contribution in [1.82, 2.24) is 15.2 Å². The highest BCUT2D eigenvalue weighted by molar-refractivity contribution is 7.15. The van der Waals surface area contributed by atoms with E-state index in [1.165, 1.54) is 37.2 Å². The van der Waals surface area contributed by atoms with Gasteiger partial charge in [-0.05, 0) is 46.7 Å². The zero-order valence-electron chi connectivity index (χ0n) is 13.8. The molecule has 0 radical (unpaired) electrons. The van der Waals surface area contributed by atoms with Gasteiger partial charge in [-0.3, -0.25) is 4.90 Å². The Morgan fingerprint density at radius 3 is 2.67 bits per heavy atom. The van der Waals surface area contributed by atoms with Crippen molar-refractivity contribution in [2.24, 2.45) is 0 Å². The van der Waals surface area contributed by atoms with Crippen LogP contribution in [0.4, 0.5) is 5.13 Å². The third-order valence-electron chi connectivity index (χ3n) is 4.33. The Balaban J connectivity index is 1.73. The highest BCUT2D eigenvalue weighted by Crippen LogP contribution is 2.22. The second-order valence-electron chi connectivity index (χ2n) is 5.86. The highest BCUT2D eigenvalue weighted by Gasteiger charge is 2.16. The number of aromatic nitrogens is 1. The molecule has 2 rings (SSSR count). The SMILES string of the molecule is CCN(CC)c1ncc(CNCC(C)N2CCCCC2)s1. The van der Waals surface area contributed by atoms with Gasteiger partial charge in [-0.25, -0.2) is 4.98 Å². The van der Waals surface area contributed by atoms with Gasteiger partial charge in [0.25, 0.3) is 0 Å². The van der Waals surface area contributed by atoms with Gasteiger partial charge in [-0.1, -0.05) is 6.42 Å². The van der Waals surface area contributed by atoms with Crippen molar-refractivity contribution < 1.29 is 0 Å². The summed E-state index contributed by atoms with van der Waals surface area (Å²) in [5, 5.41) is 4.75. The van der Waals surface area contributed by atoms with Crippen LogP contribution in [0.2, 0.25) is 0 Å². The lowest BCUT2D eigenvalue weighted by Crippen LogP contribution is -2.42. The molecule has 1 aliphatic rings. The number of hydrogen-bond acceptors (Lipinski definition) is 5. The summed E-state index contributed by atoms with van der Waals surface area (Å²) < 4.78 is 0. The minimum absolute atomic E-state index is 0.639. The number of anilines is 1. The quantitative estimate of drug-likeness (QED) is 0.800. The van der Waals surface area contributed by atoms with E-state index in [2.05, 4.69) is 40.9 Å². The molecular weight excluding hydrogens is 280 g/mol. The number of likely N-dealkylation sites (tertiary alicyclic amines) is 1. The molecule has 0 amide bonds. The first-order chi connectivity index (χ1) is 10.2. The largest absolute Gasteiger partial charge is 0.349 e. The first-order valence-electron chi connectivity index (χ1n) is 8.39. The molecule has 1 fully saturated rings. The fourth-order valence-electron chi connectivity index (χ4n) is 2.91. The number of piperidine rings is 1. The molecule has 1 unspecified atom stereocenters. The molecule has 0 aliphatic carbocycles. The molecule has 0 spiro atoms. The van der Waals surface area contributed by atoms with E-state index in [9.17, 15) is 0 Å². The highest BCUT2D eigenvalue weighted by atomic mass is 32.1. The lowest BCUT2D eigenvalue weighted by Gasteiger charge is -2.32. The van der Waals surface area contributed by atoms with Crippen LogP contribution >= 0.6 is 11.3 Å². The minimum atomic E-state index is 0.639. The Morgan fingerprint density at radius 1 is 1.29 bits per heavy atom. The molecule has 1 N–H and O–H groups in total. The van der Waals surface area contributed by atoms with Crippen molar-refractivity contribution in [1.29, 1.82) is 0 Å². The molecule has 4 nitrogen and oxygen atoms in total. The predicted molar refractivity (Wildman–Crippen MR) is 92.3 cm³/mol. The third kappa shape index (κ3) is 4.94. The van der Waals surface area contributed by atoms with Crippen molar-refractivity contribution in [3.05, 3.63) is 11.1 Å². The van der Waals surface area contributed by atoms with E-state index >= 15 is 0 Å². The maximum atomic E-state index is 4.54. The van der Waals surface area contributed by atoms with Crippen LogP contribution in [-0.2, 0) is 6.54 Å². The van der Waals surface area contributed by atoms with Gasteiger partial charge in [-0.15, -0.1) is 11.3 Å². The minimum Gasteiger partial charge on any atom is -0.349 e. The van der Waals surface area contributed by atoms with Crippen molar-refractivity contribution in [3.63, 3.8) is 0 Å². The van der Waals surface area contributed by atoms with E-state index < -0.39 is 0 Å². The lowest BCUT2D eigenvalue weighted by atomic mass is 10.1. The zero-order valence-corrected chi connectivity index (χ0v) is 14.6. The molecule has 1 atom stereocenters. The summed E-state index contributed by atoms with van der Waals surface area (Å²) in [6, 6.07) is 0.639. The Bertz CT molecular complexity index is 397. The van der Waals surface area contributed by atoms with Crippen LogP contribution in [0.25, 0.3) is 0 Å². The van der Waals surface area contributed by atoms with Gasteiger partial charge in [0.15, 0.2) is 5.13 Å². The molecule has 1 aromatic rings. The Morgan fingerprint density at radius 2 is 2.00 bits per heavy atom. The van der Waals surface area contributed by atoms with Crippen molar-refractivity contribution in [2.75, 3.05) is 37.6 Å². The zero-order chi connectivity index (χ0) is 15.1. The standard InChI is InChI=1S/C16H30N4S/c1-4-19(5-2)16-18-13-15(21-16)12-17-11-14(3)20-9-7-6-8-10-20/h13-14,17H,4-12H2,1-3H3. The summed E-state index contributed by atoms with van der Waals surface area (Å²) in [6.45, 7) is 13.3. The van der Waals surface area contributed by atoms with Gasteiger partial charge >= 0.3 is 0 Å². The summed E-state index contributed by atoms with van der Waals surface area (Å²) in [4.78, 5) is 10.8. The average molecular weight is 311 g/mol. The maximum Gasteiger partial charge on any atom is 0.185 e. The van der Waals surface area contributed by atoms with Crippen LogP contribution in [0.15, 0.2) is 6.20 Å². The number of rotatable bonds is 8. The fraction of sp³-hybridized carbons (Fsp3) is 0.812. The van der Waals surface area contributed by atoms with Gasteiger partial charge in [-0.2, -0.15) is 0 Å². The number of hydrogen-bond donors (Lipinski definition) is 1. The van der Waals surface area contributed by atoms with Crippen molar-refractivity contribution >= 4 is 16.5 Å². The third-order valence-corrected chi connectivity index (χ3v) is 5.39.